The Morgan fingerprint density at radius 1 is 1.14 bits per heavy atom. The van der Waals surface area contributed by atoms with E-state index in [1.807, 2.05) is 0 Å². The van der Waals surface area contributed by atoms with Crippen molar-refractivity contribution in [2.45, 2.75) is 27.2 Å². The summed E-state index contributed by atoms with van der Waals surface area (Å²) in [6.45, 7) is 9.05. The molecule has 1 heteroatoms. The number of rotatable bonds is 2. The Kier molecular flexibility index (Phi) is 2.60. The number of hydrogen-bond donors (Lipinski definition) is 1. The summed E-state index contributed by atoms with van der Waals surface area (Å²) in [7, 11) is 0. The number of benzene rings is 1. The summed E-state index contributed by atoms with van der Waals surface area (Å²) in [4.78, 5) is 0. The van der Waals surface area contributed by atoms with Gasteiger partial charge < -0.3 is 5.32 Å². The lowest BCUT2D eigenvalue weighted by molar-refractivity contribution is 0.346. The first-order valence-electron chi connectivity index (χ1n) is 5.44. The van der Waals surface area contributed by atoms with Crippen molar-refractivity contribution >= 4 is 0 Å². The van der Waals surface area contributed by atoms with Crippen molar-refractivity contribution in [1.82, 2.24) is 5.32 Å². The number of hydrogen-bond acceptors (Lipinski definition) is 1. The van der Waals surface area contributed by atoms with Gasteiger partial charge in [0.25, 0.3) is 0 Å². The lowest BCUT2D eigenvalue weighted by Crippen LogP contribution is -2.43. The van der Waals surface area contributed by atoms with Crippen LogP contribution in [0.2, 0.25) is 0 Å². The molecule has 2 rings (SSSR count). The Morgan fingerprint density at radius 3 is 2.14 bits per heavy atom. The van der Waals surface area contributed by atoms with Crippen LogP contribution in [0.1, 0.15) is 22.3 Å². The lowest BCUT2D eigenvalue weighted by atomic mass is 9.88. The molecule has 1 aliphatic rings. The molecule has 0 bridgehead atoms. The quantitative estimate of drug-likeness (QED) is 0.753. The molecule has 1 saturated heterocycles. The molecule has 1 aromatic rings. The summed E-state index contributed by atoms with van der Waals surface area (Å²) >= 11 is 0. The van der Waals surface area contributed by atoms with E-state index >= 15 is 0 Å². The molecule has 1 nitrogen and oxygen atoms in total. The molecule has 0 aromatic heterocycles. The van der Waals surface area contributed by atoms with E-state index in [1.54, 1.807) is 5.56 Å². The van der Waals surface area contributed by atoms with Crippen LogP contribution < -0.4 is 5.32 Å². The van der Waals surface area contributed by atoms with Crippen LogP contribution in [0.5, 0.6) is 0 Å². The van der Waals surface area contributed by atoms with Crippen LogP contribution in [0.25, 0.3) is 0 Å². The molecule has 0 radical (unpaired) electrons. The molecule has 14 heavy (non-hydrogen) atoms. The molecule has 1 N–H and O–H groups in total. The van der Waals surface area contributed by atoms with Crippen molar-refractivity contribution in [3.63, 3.8) is 0 Å². The van der Waals surface area contributed by atoms with Crippen molar-refractivity contribution in [3.8, 4) is 0 Å². The third kappa shape index (κ3) is 1.83. The topological polar surface area (TPSA) is 12.0 Å². The summed E-state index contributed by atoms with van der Waals surface area (Å²) in [6, 6.07) is 4.60. The average Bonchev–Trinajstić information content (AvgIpc) is 1.98. The molecule has 1 aromatic carbocycles. The van der Waals surface area contributed by atoms with Crippen LogP contribution in [0.4, 0.5) is 0 Å². The van der Waals surface area contributed by atoms with Gasteiger partial charge in [-0.05, 0) is 62.9 Å². The van der Waals surface area contributed by atoms with Gasteiger partial charge in [0, 0.05) is 0 Å². The first kappa shape index (κ1) is 9.72. The van der Waals surface area contributed by atoms with Gasteiger partial charge in [-0.15, -0.1) is 0 Å². The molecular formula is C13H19N. The van der Waals surface area contributed by atoms with Gasteiger partial charge in [-0.25, -0.2) is 0 Å². The molecule has 1 aliphatic heterocycles. The number of aryl methyl sites for hydroxylation is 3. The molecular weight excluding hydrogens is 170 g/mol. The molecule has 0 amide bonds. The highest BCUT2D eigenvalue weighted by Crippen LogP contribution is 2.21. The van der Waals surface area contributed by atoms with Crippen molar-refractivity contribution in [2.24, 2.45) is 5.92 Å². The second kappa shape index (κ2) is 3.74. The van der Waals surface area contributed by atoms with E-state index in [0.717, 1.165) is 5.92 Å². The zero-order valence-electron chi connectivity index (χ0n) is 9.35. The van der Waals surface area contributed by atoms with Crippen molar-refractivity contribution < 1.29 is 0 Å². The van der Waals surface area contributed by atoms with Crippen LogP contribution in [0.15, 0.2) is 12.1 Å². The molecule has 1 heterocycles. The maximum absolute atomic E-state index is 3.33. The minimum Gasteiger partial charge on any atom is -0.316 e. The van der Waals surface area contributed by atoms with Crippen molar-refractivity contribution in [2.75, 3.05) is 13.1 Å². The molecule has 0 aliphatic carbocycles. The Morgan fingerprint density at radius 2 is 1.71 bits per heavy atom. The summed E-state index contributed by atoms with van der Waals surface area (Å²) in [5.74, 6) is 0.870. The maximum atomic E-state index is 3.33. The second-order valence-corrected chi connectivity index (χ2v) is 4.61. The molecule has 1 fully saturated rings. The predicted molar refractivity (Wildman–Crippen MR) is 60.7 cm³/mol. The van der Waals surface area contributed by atoms with E-state index in [-0.39, 0.29) is 0 Å². The van der Waals surface area contributed by atoms with Gasteiger partial charge in [0.2, 0.25) is 0 Å². The van der Waals surface area contributed by atoms with Gasteiger partial charge in [-0.1, -0.05) is 17.7 Å². The zero-order valence-corrected chi connectivity index (χ0v) is 9.35. The Labute approximate surface area is 86.5 Å². The van der Waals surface area contributed by atoms with E-state index in [9.17, 15) is 0 Å². The molecule has 0 atom stereocenters. The second-order valence-electron chi connectivity index (χ2n) is 4.61. The zero-order chi connectivity index (χ0) is 10.1. The summed E-state index contributed by atoms with van der Waals surface area (Å²) in [5.41, 5.74) is 5.89. The van der Waals surface area contributed by atoms with Crippen molar-refractivity contribution in [3.05, 3.63) is 34.4 Å². The summed E-state index contributed by atoms with van der Waals surface area (Å²) in [5, 5.41) is 3.33. The van der Waals surface area contributed by atoms with E-state index in [4.69, 9.17) is 0 Å². The van der Waals surface area contributed by atoms with Crippen LogP contribution in [0.3, 0.4) is 0 Å². The standard InChI is InChI=1S/C13H19N/c1-9-4-10(2)13(11(3)5-9)6-12-7-14-8-12/h4-5,12,14H,6-8H2,1-3H3. The highest BCUT2D eigenvalue weighted by atomic mass is 14.9. The van der Waals surface area contributed by atoms with Crippen LogP contribution >= 0.6 is 0 Å². The highest BCUT2D eigenvalue weighted by molar-refractivity contribution is 5.37. The van der Waals surface area contributed by atoms with Gasteiger partial charge in [-0.3, -0.25) is 0 Å². The monoisotopic (exact) mass is 189 g/mol. The first-order chi connectivity index (χ1) is 6.66. The van der Waals surface area contributed by atoms with Crippen LogP contribution in [0, 0.1) is 26.7 Å². The first-order valence-corrected chi connectivity index (χ1v) is 5.44. The minimum atomic E-state index is 0.870. The highest BCUT2D eigenvalue weighted by Gasteiger charge is 2.18. The summed E-state index contributed by atoms with van der Waals surface area (Å²) in [6.07, 6.45) is 1.25. The predicted octanol–water partition coefficient (Wildman–Crippen LogP) is 2.37. The van der Waals surface area contributed by atoms with Crippen molar-refractivity contribution in [1.29, 1.82) is 0 Å². The third-order valence-electron chi connectivity index (χ3n) is 3.20. The third-order valence-corrected chi connectivity index (χ3v) is 3.20. The molecule has 0 spiro atoms. The Hall–Kier alpha value is -0.820. The van der Waals surface area contributed by atoms with Crippen LogP contribution in [-0.4, -0.2) is 13.1 Å². The van der Waals surface area contributed by atoms with Gasteiger partial charge >= 0.3 is 0 Å². The normalized spacial score (nSPS) is 16.8. The SMILES string of the molecule is Cc1cc(C)c(CC2CNC2)c(C)c1. The number of nitrogens with one attached hydrogen (secondary N) is 1. The van der Waals surface area contributed by atoms with Gasteiger partial charge in [0.1, 0.15) is 0 Å². The molecule has 0 saturated carbocycles. The minimum absolute atomic E-state index is 0.870. The van der Waals surface area contributed by atoms with Crippen LogP contribution in [-0.2, 0) is 6.42 Å². The van der Waals surface area contributed by atoms with Gasteiger partial charge in [0.15, 0.2) is 0 Å². The fourth-order valence-electron chi connectivity index (χ4n) is 2.31. The average molecular weight is 189 g/mol. The summed E-state index contributed by atoms with van der Waals surface area (Å²) < 4.78 is 0. The maximum Gasteiger partial charge on any atom is -0.000506 e. The van der Waals surface area contributed by atoms with E-state index in [0.29, 0.717) is 0 Å². The van der Waals surface area contributed by atoms with Gasteiger partial charge in [-0.2, -0.15) is 0 Å². The van der Waals surface area contributed by atoms with Gasteiger partial charge in [0.05, 0.1) is 0 Å². The fraction of sp³-hybridized carbons (Fsp3) is 0.538. The molecule has 76 valence electrons. The fourth-order valence-corrected chi connectivity index (χ4v) is 2.31. The molecule has 0 unspecified atom stereocenters. The largest absolute Gasteiger partial charge is 0.316 e. The van der Waals surface area contributed by atoms with E-state index in [2.05, 4.69) is 38.2 Å². The lowest BCUT2D eigenvalue weighted by Gasteiger charge is -2.28. The smallest absolute Gasteiger partial charge is 0.000506 e. The Bertz CT molecular complexity index is 314. The van der Waals surface area contributed by atoms with E-state index in [1.165, 1.54) is 36.2 Å². The van der Waals surface area contributed by atoms with E-state index < -0.39 is 0 Å². The Balaban J connectivity index is 2.22.